The summed E-state index contributed by atoms with van der Waals surface area (Å²) >= 11 is 0. The number of rotatable bonds is 0. The summed E-state index contributed by atoms with van der Waals surface area (Å²) in [5.74, 6) is -0.0906. The number of halogens is 1. The van der Waals surface area contributed by atoms with Gasteiger partial charge in [-0.15, -0.1) is 12.4 Å². The van der Waals surface area contributed by atoms with Gasteiger partial charge >= 0.3 is 6.03 Å². The van der Waals surface area contributed by atoms with Gasteiger partial charge < -0.3 is 10.2 Å². The lowest BCUT2D eigenvalue weighted by molar-refractivity contribution is -0.127. The van der Waals surface area contributed by atoms with Crippen molar-refractivity contribution in [2.45, 2.75) is 6.04 Å². The first-order valence-corrected chi connectivity index (χ1v) is 4.00. The Morgan fingerprint density at radius 2 is 2.15 bits per heavy atom. The smallest absolute Gasteiger partial charge is 0.312 e. The van der Waals surface area contributed by atoms with Crippen molar-refractivity contribution in [2.75, 3.05) is 26.7 Å². The molecule has 13 heavy (non-hydrogen) atoms. The van der Waals surface area contributed by atoms with Crippen LogP contribution in [-0.4, -0.2) is 54.5 Å². The van der Waals surface area contributed by atoms with Crippen LogP contribution in [0.2, 0.25) is 0 Å². The minimum atomic E-state index is -0.253. The second kappa shape index (κ2) is 3.51. The van der Waals surface area contributed by atoms with Gasteiger partial charge in [0.05, 0.1) is 0 Å². The molecule has 0 radical (unpaired) electrons. The predicted octanol–water partition coefficient (Wildman–Crippen LogP) is -0.726. The van der Waals surface area contributed by atoms with E-state index >= 15 is 0 Å². The van der Waals surface area contributed by atoms with E-state index in [-0.39, 0.29) is 30.4 Å². The fourth-order valence-corrected chi connectivity index (χ4v) is 1.66. The van der Waals surface area contributed by atoms with Crippen molar-refractivity contribution >= 4 is 24.3 Å². The molecule has 5 nitrogen and oxygen atoms in total. The number of carbonyl (C=O) groups is 2. The Morgan fingerprint density at radius 1 is 1.46 bits per heavy atom. The van der Waals surface area contributed by atoms with Gasteiger partial charge in [0.1, 0.15) is 6.04 Å². The van der Waals surface area contributed by atoms with E-state index in [1.807, 2.05) is 0 Å². The zero-order chi connectivity index (χ0) is 8.72. The largest absolute Gasteiger partial charge is 0.327 e. The summed E-state index contributed by atoms with van der Waals surface area (Å²) in [6, 6.07) is -0.414. The van der Waals surface area contributed by atoms with Gasteiger partial charge in [-0.3, -0.25) is 9.69 Å². The van der Waals surface area contributed by atoms with Gasteiger partial charge in [-0.1, -0.05) is 0 Å². The molecule has 2 fully saturated rings. The molecule has 0 saturated carbocycles. The van der Waals surface area contributed by atoms with Crippen LogP contribution in [0.3, 0.4) is 0 Å². The number of amides is 3. The van der Waals surface area contributed by atoms with E-state index < -0.39 is 0 Å². The van der Waals surface area contributed by atoms with E-state index in [0.717, 1.165) is 6.54 Å². The van der Waals surface area contributed by atoms with Crippen molar-refractivity contribution in [2.24, 2.45) is 0 Å². The van der Waals surface area contributed by atoms with Crippen LogP contribution >= 0.6 is 12.4 Å². The maximum atomic E-state index is 11.4. The minimum Gasteiger partial charge on any atom is -0.312 e. The molecular weight excluding hydrogens is 194 g/mol. The Labute approximate surface area is 82.5 Å². The van der Waals surface area contributed by atoms with E-state index in [0.29, 0.717) is 13.1 Å². The fourth-order valence-electron chi connectivity index (χ4n) is 1.66. The second-order valence-electron chi connectivity index (χ2n) is 3.09. The third-order valence-electron chi connectivity index (χ3n) is 2.39. The molecule has 0 aromatic carbocycles. The minimum absolute atomic E-state index is 0. The van der Waals surface area contributed by atoms with E-state index in [9.17, 15) is 9.59 Å². The van der Waals surface area contributed by atoms with Gasteiger partial charge in [-0.05, 0) is 0 Å². The Hall–Kier alpha value is -0.810. The number of piperazine rings is 1. The number of imide groups is 1. The zero-order valence-corrected chi connectivity index (χ0v) is 8.13. The fraction of sp³-hybridized carbons (Fsp3) is 0.714. The van der Waals surface area contributed by atoms with Crippen LogP contribution < -0.4 is 5.32 Å². The Bertz CT molecular complexity index is 222. The molecule has 0 aliphatic carbocycles. The van der Waals surface area contributed by atoms with Gasteiger partial charge in [-0.25, -0.2) is 4.79 Å². The highest BCUT2D eigenvalue weighted by atomic mass is 35.5. The average Bonchev–Trinajstić information content (AvgIpc) is 2.33. The molecule has 2 rings (SSSR count). The SMILES string of the molecule is CN1C(=O)C2CNCCN2C1=O.Cl. The number of hydrogen-bond acceptors (Lipinski definition) is 3. The van der Waals surface area contributed by atoms with Crippen LogP contribution in [0, 0.1) is 0 Å². The molecular formula is C7H12ClN3O2. The highest BCUT2D eigenvalue weighted by Crippen LogP contribution is 2.16. The number of fused-ring (bicyclic) bond motifs is 1. The number of likely N-dealkylation sites (N-methyl/N-ethyl adjacent to an activating group) is 1. The maximum absolute atomic E-state index is 11.4. The standard InChI is InChI=1S/C7H11N3O2.ClH/c1-9-6(11)5-4-8-2-3-10(5)7(9)12;/h5,8H,2-4H2,1H3;1H. The number of nitrogens with one attached hydrogen (secondary N) is 1. The lowest BCUT2D eigenvalue weighted by atomic mass is 10.2. The van der Waals surface area contributed by atoms with Gasteiger partial charge in [0, 0.05) is 26.7 Å². The Balaban J connectivity index is 0.000000845. The first-order chi connectivity index (χ1) is 5.72. The predicted molar refractivity (Wildman–Crippen MR) is 48.8 cm³/mol. The number of hydrogen-bond donors (Lipinski definition) is 1. The van der Waals surface area contributed by atoms with Crippen LogP contribution in [0.5, 0.6) is 0 Å². The third-order valence-corrected chi connectivity index (χ3v) is 2.39. The third kappa shape index (κ3) is 1.38. The Kier molecular flexibility index (Phi) is 2.77. The van der Waals surface area contributed by atoms with Crippen molar-refractivity contribution < 1.29 is 9.59 Å². The lowest BCUT2D eigenvalue weighted by Gasteiger charge is -2.26. The maximum Gasteiger partial charge on any atom is 0.327 e. The van der Waals surface area contributed by atoms with Crippen LogP contribution in [0.1, 0.15) is 0 Å². The van der Waals surface area contributed by atoms with Crippen LogP contribution in [0.4, 0.5) is 4.79 Å². The molecule has 2 aliphatic rings. The van der Waals surface area contributed by atoms with E-state index in [4.69, 9.17) is 0 Å². The summed E-state index contributed by atoms with van der Waals surface area (Å²) in [5, 5.41) is 3.09. The molecule has 1 unspecified atom stereocenters. The highest BCUT2D eigenvalue weighted by Gasteiger charge is 2.43. The summed E-state index contributed by atoms with van der Waals surface area (Å²) in [6.45, 7) is 2.01. The van der Waals surface area contributed by atoms with Gasteiger partial charge in [0.25, 0.3) is 5.91 Å². The first-order valence-electron chi connectivity index (χ1n) is 4.00. The number of carbonyl (C=O) groups excluding carboxylic acids is 2. The molecule has 1 atom stereocenters. The van der Waals surface area contributed by atoms with Crippen molar-refractivity contribution in [3.63, 3.8) is 0 Å². The molecule has 3 amide bonds. The van der Waals surface area contributed by atoms with E-state index in [1.54, 1.807) is 4.90 Å². The second-order valence-corrected chi connectivity index (χ2v) is 3.09. The molecule has 2 aliphatic heterocycles. The molecule has 2 heterocycles. The van der Waals surface area contributed by atoms with Gasteiger partial charge in [-0.2, -0.15) is 0 Å². The number of nitrogens with zero attached hydrogens (tertiary/aromatic N) is 2. The molecule has 0 aromatic rings. The summed E-state index contributed by atoms with van der Waals surface area (Å²) < 4.78 is 0. The summed E-state index contributed by atoms with van der Waals surface area (Å²) in [4.78, 5) is 25.5. The van der Waals surface area contributed by atoms with Crippen molar-refractivity contribution in [3.8, 4) is 0 Å². The zero-order valence-electron chi connectivity index (χ0n) is 7.32. The van der Waals surface area contributed by atoms with Gasteiger partial charge in [0.2, 0.25) is 0 Å². The number of urea groups is 1. The molecule has 0 spiro atoms. The molecule has 74 valence electrons. The lowest BCUT2D eigenvalue weighted by Crippen LogP contribution is -2.51. The molecule has 1 N–H and O–H groups in total. The topological polar surface area (TPSA) is 52.7 Å². The average molecular weight is 206 g/mol. The quantitative estimate of drug-likeness (QED) is 0.531. The summed E-state index contributed by atoms with van der Waals surface area (Å²) in [5.41, 5.74) is 0. The summed E-state index contributed by atoms with van der Waals surface area (Å²) in [6.07, 6.45) is 0. The highest BCUT2D eigenvalue weighted by molar-refractivity contribution is 6.04. The normalized spacial score (nSPS) is 27.3. The summed E-state index contributed by atoms with van der Waals surface area (Å²) in [7, 11) is 1.53. The van der Waals surface area contributed by atoms with Crippen molar-refractivity contribution in [1.82, 2.24) is 15.1 Å². The monoisotopic (exact) mass is 205 g/mol. The van der Waals surface area contributed by atoms with E-state index in [2.05, 4.69) is 5.32 Å². The first kappa shape index (κ1) is 10.3. The van der Waals surface area contributed by atoms with E-state index in [1.165, 1.54) is 11.9 Å². The van der Waals surface area contributed by atoms with Crippen molar-refractivity contribution in [1.29, 1.82) is 0 Å². The van der Waals surface area contributed by atoms with Crippen molar-refractivity contribution in [3.05, 3.63) is 0 Å². The Morgan fingerprint density at radius 3 is 2.77 bits per heavy atom. The molecule has 2 saturated heterocycles. The molecule has 0 bridgehead atoms. The van der Waals surface area contributed by atoms with Crippen LogP contribution in [0.25, 0.3) is 0 Å². The molecule has 6 heteroatoms. The van der Waals surface area contributed by atoms with Crippen LogP contribution in [-0.2, 0) is 4.79 Å². The molecule has 0 aromatic heterocycles. The van der Waals surface area contributed by atoms with Gasteiger partial charge in [0.15, 0.2) is 0 Å². The van der Waals surface area contributed by atoms with Crippen LogP contribution in [0.15, 0.2) is 0 Å².